The summed E-state index contributed by atoms with van der Waals surface area (Å²) in [4.78, 5) is 7.92. The van der Waals surface area contributed by atoms with Crippen molar-refractivity contribution >= 4 is 34.2 Å². The third-order valence-corrected chi connectivity index (χ3v) is 2.34. The predicted octanol–water partition coefficient (Wildman–Crippen LogP) is 1.70. The van der Waals surface area contributed by atoms with Crippen LogP contribution in [0.25, 0.3) is 11.0 Å². The van der Waals surface area contributed by atoms with Crippen molar-refractivity contribution < 1.29 is 0 Å². The van der Waals surface area contributed by atoms with Gasteiger partial charge in [-0.05, 0) is 17.7 Å². The SMILES string of the molecule is NCCn1ccc2nc(Cl)nc(Cl)c21. The van der Waals surface area contributed by atoms with Crippen LogP contribution in [0, 0.1) is 0 Å². The number of halogens is 2. The second-order valence-corrected chi connectivity index (χ2v) is 3.51. The summed E-state index contributed by atoms with van der Waals surface area (Å²) in [6.45, 7) is 1.23. The molecule has 0 radical (unpaired) electrons. The summed E-state index contributed by atoms with van der Waals surface area (Å²) in [7, 11) is 0. The van der Waals surface area contributed by atoms with Crippen molar-refractivity contribution in [3.63, 3.8) is 0 Å². The van der Waals surface area contributed by atoms with E-state index in [2.05, 4.69) is 9.97 Å². The Hall–Kier alpha value is -0.840. The molecular formula is C8H8Cl2N4. The molecular weight excluding hydrogens is 223 g/mol. The molecule has 2 heterocycles. The van der Waals surface area contributed by atoms with E-state index in [4.69, 9.17) is 28.9 Å². The van der Waals surface area contributed by atoms with Gasteiger partial charge in [0.25, 0.3) is 0 Å². The first-order chi connectivity index (χ1) is 6.72. The molecule has 6 heteroatoms. The Balaban J connectivity index is 2.66. The molecule has 0 aliphatic carbocycles. The number of nitrogens with two attached hydrogens (primary N) is 1. The number of rotatable bonds is 2. The normalized spacial score (nSPS) is 11.1. The molecule has 0 bridgehead atoms. The molecule has 2 aromatic heterocycles. The highest BCUT2D eigenvalue weighted by molar-refractivity contribution is 6.35. The first-order valence-electron chi connectivity index (χ1n) is 4.10. The van der Waals surface area contributed by atoms with Gasteiger partial charge in [0.05, 0.1) is 5.52 Å². The largest absolute Gasteiger partial charge is 0.342 e. The van der Waals surface area contributed by atoms with Gasteiger partial charge < -0.3 is 10.3 Å². The minimum absolute atomic E-state index is 0.160. The summed E-state index contributed by atoms with van der Waals surface area (Å²) in [5, 5.41) is 0.520. The maximum Gasteiger partial charge on any atom is 0.224 e. The molecule has 14 heavy (non-hydrogen) atoms. The van der Waals surface area contributed by atoms with E-state index in [1.54, 1.807) is 0 Å². The van der Waals surface area contributed by atoms with Crippen LogP contribution in [0.5, 0.6) is 0 Å². The first kappa shape index (κ1) is 9.71. The van der Waals surface area contributed by atoms with E-state index in [1.807, 2.05) is 16.8 Å². The lowest BCUT2D eigenvalue weighted by Gasteiger charge is -2.03. The van der Waals surface area contributed by atoms with Crippen LogP contribution in [-0.4, -0.2) is 21.1 Å². The van der Waals surface area contributed by atoms with E-state index in [0.717, 1.165) is 11.0 Å². The van der Waals surface area contributed by atoms with Crippen LogP contribution in [0.1, 0.15) is 0 Å². The Morgan fingerprint density at radius 2 is 2.14 bits per heavy atom. The van der Waals surface area contributed by atoms with E-state index in [1.165, 1.54) is 0 Å². The zero-order valence-corrected chi connectivity index (χ0v) is 8.76. The van der Waals surface area contributed by atoms with Crippen LogP contribution in [0.2, 0.25) is 10.4 Å². The second kappa shape index (κ2) is 3.73. The van der Waals surface area contributed by atoms with E-state index in [0.29, 0.717) is 18.2 Å². The topological polar surface area (TPSA) is 56.7 Å². The standard InChI is InChI=1S/C8H8Cl2N4/c9-7-6-5(12-8(10)13-7)1-3-14(6)4-2-11/h1,3H,2,4,11H2. The van der Waals surface area contributed by atoms with Crippen molar-refractivity contribution in [1.29, 1.82) is 0 Å². The maximum atomic E-state index is 5.95. The summed E-state index contributed by atoms with van der Waals surface area (Å²) in [6.07, 6.45) is 1.87. The van der Waals surface area contributed by atoms with Crippen molar-refractivity contribution in [3.05, 3.63) is 22.7 Å². The van der Waals surface area contributed by atoms with Crippen molar-refractivity contribution in [1.82, 2.24) is 14.5 Å². The average molecular weight is 231 g/mol. The van der Waals surface area contributed by atoms with Crippen molar-refractivity contribution in [2.24, 2.45) is 5.73 Å². The molecule has 4 nitrogen and oxygen atoms in total. The summed E-state index contributed by atoms with van der Waals surface area (Å²) in [5.41, 5.74) is 6.98. The van der Waals surface area contributed by atoms with Crippen molar-refractivity contribution in [3.8, 4) is 0 Å². The Labute approximate surface area is 90.6 Å². The van der Waals surface area contributed by atoms with Gasteiger partial charge in [-0.25, -0.2) is 9.97 Å². The van der Waals surface area contributed by atoms with Gasteiger partial charge in [-0.2, -0.15) is 0 Å². The number of aromatic nitrogens is 3. The second-order valence-electron chi connectivity index (χ2n) is 2.82. The van der Waals surface area contributed by atoms with Crippen LogP contribution in [-0.2, 0) is 6.54 Å². The van der Waals surface area contributed by atoms with Gasteiger partial charge in [-0.15, -0.1) is 0 Å². The molecule has 0 saturated heterocycles. The fourth-order valence-electron chi connectivity index (χ4n) is 1.36. The number of hydrogen-bond donors (Lipinski definition) is 1. The van der Waals surface area contributed by atoms with Gasteiger partial charge in [0.1, 0.15) is 5.52 Å². The van der Waals surface area contributed by atoms with E-state index in [9.17, 15) is 0 Å². The zero-order chi connectivity index (χ0) is 10.1. The average Bonchev–Trinajstić information content (AvgIpc) is 2.49. The molecule has 2 rings (SSSR count). The summed E-state index contributed by atoms with van der Waals surface area (Å²) >= 11 is 11.6. The molecule has 2 N–H and O–H groups in total. The fraction of sp³-hybridized carbons (Fsp3) is 0.250. The number of fused-ring (bicyclic) bond motifs is 1. The first-order valence-corrected chi connectivity index (χ1v) is 4.86. The lowest BCUT2D eigenvalue weighted by atomic mass is 10.4. The Kier molecular flexibility index (Phi) is 2.58. The zero-order valence-electron chi connectivity index (χ0n) is 7.24. The monoisotopic (exact) mass is 230 g/mol. The van der Waals surface area contributed by atoms with Crippen molar-refractivity contribution in [2.75, 3.05) is 6.54 Å². The van der Waals surface area contributed by atoms with Crippen LogP contribution >= 0.6 is 23.2 Å². The lowest BCUT2D eigenvalue weighted by Crippen LogP contribution is -2.09. The predicted molar refractivity (Wildman–Crippen MR) is 56.6 cm³/mol. The van der Waals surface area contributed by atoms with Gasteiger partial charge in [0.2, 0.25) is 5.28 Å². The van der Waals surface area contributed by atoms with Gasteiger partial charge >= 0.3 is 0 Å². The Morgan fingerprint density at radius 3 is 2.86 bits per heavy atom. The highest BCUT2D eigenvalue weighted by atomic mass is 35.5. The van der Waals surface area contributed by atoms with E-state index in [-0.39, 0.29) is 5.28 Å². The Morgan fingerprint density at radius 1 is 1.36 bits per heavy atom. The van der Waals surface area contributed by atoms with Gasteiger partial charge in [0, 0.05) is 19.3 Å². The quantitative estimate of drug-likeness (QED) is 0.632. The van der Waals surface area contributed by atoms with Crippen LogP contribution < -0.4 is 5.73 Å². The van der Waals surface area contributed by atoms with Gasteiger partial charge in [0.15, 0.2) is 5.15 Å². The van der Waals surface area contributed by atoms with Crippen LogP contribution in [0.4, 0.5) is 0 Å². The maximum absolute atomic E-state index is 5.95. The van der Waals surface area contributed by atoms with E-state index >= 15 is 0 Å². The van der Waals surface area contributed by atoms with Gasteiger partial charge in [-0.1, -0.05) is 11.6 Å². The highest BCUT2D eigenvalue weighted by Gasteiger charge is 2.08. The summed E-state index contributed by atoms with van der Waals surface area (Å²) < 4.78 is 1.91. The van der Waals surface area contributed by atoms with Crippen molar-refractivity contribution in [2.45, 2.75) is 6.54 Å². The minimum atomic E-state index is 0.160. The summed E-state index contributed by atoms with van der Waals surface area (Å²) in [6, 6.07) is 1.84. The smallest absolute Gasteiger partial charge is 0.224 e. The number of hydrogen-bond acceptors (Lipinski definition) is 3. The molecule has 0 atom stereocenters. The molecule has 74 valence electrons. The molecule has 0 aliphatic rings. The molecule has 0 amide bonds. The molecule has 0 aliphatic heterocycles. The molecule has 0 aromatic carbocycles. The highest BCUT2D eigenvalue weighted by Crippen LogP contribution is 2.22. The van der Waals surface area contributed by atoms with E-state index < -0.39 is 0 Å². The molecule has 0 unspecified atom stereocenters. The fourth-order valence-corrected chi connectivity index (χ4v) is 1.86. The third kappa shape index (κ3) is 1.56. The Bertz CT molecular complexity index is 466. The third-order valence-electron chi connectivity index (χ3n) is 1.91. The minimum Gasteiger partial charge on any atom is -0.342 e. The summed E-state index contributed by atoms with van der Waals surface area (Å²) in [5.74, 6) is 0. The van der Waals surface area contributed by atoms with Crippen LogP contribution in [0.3, 0.4) is 0 Å². The lowest BCUT2D eigenvalue weighted by molar-refractivity contribution is 0.734. The molecule has 0 spiro atoms. The van der Waals surface area contributed by atoms with Crippen LogP contribution in [0.15, 0.2) is 12.3 Å². The molecule has 0 fully saturated rings. The molecule has 0 saturated carbocycles. The molecule has 2 aromatic rings. The van der Waals surface area contributed by atoms with Gasteiger partial charge in [-0.3, -0.25) is 0 Å². The number of nitrogens with zero attached hydrogens (tertiary/aromatic N) is 3.